The molecule has 2 aromatic heterocycles. The molecule has 0 unspecified atom stereocenters. The lowest BCUT2D eigenvalue weighted by Crippen LogP contribution is -2.07. The summed E-state index contributed by atoms with van der Waals surface area (Å²) in [7, 11) is 0. The van der Waals surface area contributed by atoms with Crippen LogP contribution < -0.4 is 0 Å². The second-order valence-electron chi connectivity index (χ2n) is 3.96. The summed E-state index contributed by atoms with van der Waals surface area (Å²) in [5, 5.41) is 5.28. The molecule has 0 amide bonds. The molecule has 0 saturated heterocycles. The van der Waals surface area contributed by atoms with E-state index in [1.165, 1.54) is 5.69 Å². The maximum Gasteiger partial charge on any atom is 0.0835 e. The van der Waals surface area contributed by atoms with E-state index >= 15 is 0 Å². The third-order valence-electron chi connectivity index (χ3n) is 2.73. The van der Waals surface area contributed by atoms with Gasteiger partial charge in [0.25, 0.3) is 0 Å². The van der Waals surface area contributed by atoms with Crippen molar-refractivity contribution in [2.24, 2.45) is 0 Å². The van der Waals surface area contributed by atoms with Crippen LogP contribution in [0.2, 0.25) is 5.02 Å². The Morgan fingerprint density at radius 1 is 1.18 bits per heavy atom. The van der Waals surface area contributed by atoms with Gasteiger partial charge in [-0.15, -0.1) is 0 Å². The Morgan fingerprint density at radius 3 is 2.65 bits per heavy atom. The van der Waals surface area contributed by atoms with Crippen LogP contribution in [0.1, 0.15) is 30.9 Å². The summed E-state index contributed by atoms with van der Waals surface area (Å²) in [6.45, 7) is 4.94. The highest BCUT2D eigenvalue weighted by molar-refractivity contribution is 6.30. The van der Waals surface area contributed by atoms with Crippen LogP contribution in [0, 0.1) is 0 Å². The maximum atomic E-state index is 5.95. The summed E-state index contributed by atoms with van der Waals surface area (Å²) in [4.78, 5) is 4.30. The highest BCUT2D eigenvalue weighted by atomic mass is 35.5. The van der Waals surface area contributed by atoms with Gasteiger partial charge in [-0.05, 0) is 31.0 Å². The van der Waals surface area contributed by atoms with Crippen LogP contribution in [-0.2, 0) is 19.4 Å². The Labute approximate surface area is 106 Å². The quantitative estimate of drug-likeness (QED) is 0.834. The number of nitrogens with zero attached hydrogens (tertiary/aromatic N) is 3. The van der Waals surface area contributed by atoms with Gasteiger partial charge in [0.05, 0.1) is 17.9 Å². The number of pyridine rings is 1. The van der Waals surface area contributed by atoms with Crippen molar-refractivity contribution in [3.05, 3.63) is 46.5 Å². The van der Waals surface area contributed by atoms with Crippen molar-refractivity contribution in [1.29, 1.82) is 0 Å². The molecule has 2 heterocycles. The lowest BCUT2D eigenvalue weighted by Gasteiger charge is -2.05. The zero-order chi connectivity index (χ0) is 12.3. The molecule has 0 aliphatic carbocycles. The lowest BCUT2D eigenvalue weighted by atomic mass is 10.2. The highest BCUT2D eigenvalue weighted by Crippen LogP contribution is 2.12. The van der Waals surface area contributed by atoms with Gasteiger partial charge in [0, 0.05) is 16.9 Å². The Balaban J connectivity index is 2.25. The first kappa shape index (κ1) is 12.1. The fraction of sp³-hybridized carbons (Fsp3) is 0.385. The third-order valence-corrected chi connectivity index (χ3v) is 2.96. The van der Waals surface area contributed by atoms with Gasteiger partial charge in [-0.25, -0.2) is 0 Å². The fourth-order valence-corrected chi connectivity index (χ4v) is 1.98. The molecule has 0 saturated carbocycles. The summed E-state index contributed by atoms with van der Waals surface area (Å²) >= 11 is 5.95. The van der Waals surface area contributed by atoms with E-state index in [1.807, 2.05) is 10.7 Å². The van der Waals surface area contributed by atoms with Crippen LogP contribution in [0.3, 0.4) is 0 Å². The maximum absolute atomic E-state index is 5.95. The van der Waals surface area contributed by atoms with E-state index in [9.17, 15) is 0 Å². The number of hydrogen-bond acceptors (Lipinski definition) is 2. The first-order valence-electron chi connectivity index (χ1n) is 5.89. The van der Waals surface area contributed by atoms with Gasteiger partial charge in [-0.2, -0.15) is 5.10 Å². The number of halogens is 1. The van der Waals surface area contributed by atoms with E-state index < -0.39 is 0 Å². The SMILES string of the molecule is CCc1cc(CC)n(Cc2cc(Cl)ccn2)n1. The zero-order valence-electron chi connectivity index (χ0n) is 10.2. The molecule has 0 aromatic carbocycles. The molecule has 0 aliphatic heterocycles. The Bertz CT molecular complexity index is 505. The van der Waals surface area contributed by atoms with Crippen molar-refractivity contribution in [3.63, 3.8) is 0 Å². The van der Waals surface area contributed by atoms with Gasteiger partial charge in [0.1, 0.15) is 0 Å². The highest BCUT2D eigenvalue weighted by Gasteiger charge is 2.06. The smallest absolute Gasteiger partial charge is 0.0835 e. The average Bonchev–Trinajstić information content (AvgIpc) is 2.71. The van der Waals surface area contributed by atoms with Gasteiger partial charge in [0.15, 0.2) is 0 Å². The molecule has 2 rings (SSSR count). The summed E-state index contributed by atoms with van der Waals surface area (Å²) in [6.07, 6.45) is 3.67. The average molecular weight is 250 g/mol. The van der Waals surface area contributed by atoms with Gasteiger partial charge >= 0.3 is 0 Å². The number of aromatic nitrogens is 3. The summed E-state index contributed by atoms with van der Waals surface area (Å²) in [5.41, 5.74) is 3.31. The number of hydrogen-bond donors (Lipinski definition) is 0. The van der Waals surface area contributed by atoms with E-state index in [4.69, 9.17) is 11.6 Å². The van der Waals surface area contributed by atoms with Crippen molar-refractivity contribution < 1.29 is 0 Å². The Kier molecular flexibility index (Phi) is 3.79. The molecule has 0 fully saturated rings. The first-order chi connectivity index (χ1) is 8.22. The van der Waals surface area contributed by atoms with Crippen LogP contribution >= 0.6 is 11.6 Å². The third kappa shape index (κ3) is 2.86. The van der Waals surface area contributed by atoms with Crippen LogP contribution in [0.4, 0.5) is 0 Å². The first-order valence-corrected chi connectivity index (χ1v) is 6.26. The Hall–Kier alpha value is -1.35. The molecule has 17 heavy (non-hydrogen) atoms. The Morgan fingerprint density at radius 2 is 2.00 bits per heavy atom. The second-order valence-corrected chi connectivity index (χ2v) is 4.39. The molecular weight excluding hydrogens is 234 g/mol. The lowest BCUT2D eigenvalue weighted by molar-refractivity contribution is 0.630. The predicted octanol–water partition coefficient (Wildman–Crippen LogP) is 3.10. The van der Waals surface area contributed by atoms with Crippen LogP contribution in [0.5, 0.6) is 0 Å². The van der Waals surface area contributed by atoms with E-state index in [2.05, 4.69) is 30.0 Å². The molecule has 0 aliphatic rings. The van der Waals surface area contributed by atoms with Crippen molar-refractivity contribution in [2.75, 3.05) is 0 Å². The number of aryl methyl sites for hydroxylation is 2. The molecule has 0 atom stereocenters. The fourth-order valence-electron chi connectivity index (χ4n) is 1.80. The van der Waals surface area contributed by atoms with Gasteiger partial charge < -0.3 is 0 Å². The molecule has 0 N–H and O–H groups in total. The van der Waals surface area contributed by atoms with E-state index in [0.29, 0.717) is 6.54 Å². The largest absolute Gasteiger partial charge is 0.263 e. The summed E-state index contributed by atoms with van der Waals surface area (Å²) < 4.78 is 2.01. The van der Waals surface area contributed by atoms with Crippen LogP contribution in [0.25, 0.3) is 0 Å². The molecular formula is C13H16ClN3. The van der Waals surface area contributed by atoms with Gasteiger partial charge in [-0.3, -0.25) is 9.67 Å². The van der Waals surface area contributed by atoms with Crippen LogP contribution in [0.15, 0.2) is 24.4 Å². The van der Waals surface area contributed by atoms with Gasteiger partial charge in [-0.1, -0.05) is 25.4 Å². The molecule has 0 bridgehead atoms. The summed E-state index contributed by atoms with van der Waals surface area (Å²) in [6, 6.07) is 5.82. The van der Waals surface area contributed by atoms with Gasteiger partial charge in [0.2, 0.25) is 0 Å². The monoisotopic (exact) mass is 249 g/mol. The molecule has 2 aromatic rings. The molecule has 90 valence electrons. The minimum atomic E-state index is 0.684. The van der Waals surface area contributed by atoms with Crippen molar-refractivity contribution in [2.45, 2.75) is 33.2 Å². The normalized spacial score (nSPS) is 10.8. The van der Waals surface area contributed by atoms with E-state index in [0.717, 1.165) is 29.3 Å². The van der Waals surface area contributed by atoms with E-state index in [1.54, 1.807) is 12.3 Å². The van der Waals surface area contributed by atoms with Crippen molar-refractivity contribution >= 4 is 11.6 Å². The molecule has 3 nitrogen and oxygen atoms in total. The van der Waals surface area contributed by atoms with Crippen molar-refractivity contribution in [3.8, 4) is 0 Å². The second kappa shape index (κ2) is 5.32. The molecule has 0 spiro atoms. The van der Waals surface area contributed by atoms with Crippen LogP contribution in [-0.4, -0.2) is 14.8 Å². The summed E-state index contributed by atoms with van der Waals surface area (Å²) in [5.74, 6) is 0. The minimum Gasteiger partial charge on any atom is -0.263 e. The standard InChI is InChI=1S/C13H16ClN3/c1-3-11-8-13(4-2)17(16-11)9-12-7-10(14)5-6-15-12/h5-8H,3-4,9H2,1-2H3. The zero-order valence-corrected chi connectivity index (χ0v) is 10.9. The molecule has 4 heteroatoms. The molecule has 0 radical (unpaired) electrons. The number of rotatable bonds is 4. The minimum absolute atomic E-state index is 0.684. The van der Waals surface area contributed by atoms with Crippen molar-refractivity contribution in [1.82, 2.24) is 14.8 Å². The topological polar surface area (TPSA) is 30.7 Å². The predicted molar refractivity (Wildman–Crippen MR) is 69.3 cm³/mol. The van der Waals surface area contributed by atoms with E-state index in [-0.39, 0.29) is 0 Å².